The van der Waals surface area contributed by atoms with Crippen LogP contribution in [-0.2, 0) is 0 Å². The summed E-state index contributed by atoms with van der Waals surface area (Å²) in [7, 11) is 0. The van der Waals surface area contributed by atoms with Gasteiger partial charge in [-0.2, -0.15) is 0 Å². The molecule has 2 heterocycles. The zero-order valence-corrected chi connectivity index (χ0v) is 10.3. The lowest BCUT2D eigenvalue weighted by atomic mass is 9.84. The van der Waals surface area contributed by atoms with E-state index < -0.39 is 5.97 Å². The molecule has 1 saturated carbocycles. The van der Waals surface area contributed by atoms with E-state index in [0.29, 0.717) is 10.8 Å². The molecular formula is C13H15NO2S. The predicted octanol–water partition coefficient (Wildman–Crippen LogP) is 3.98. The molecule has 4 heteroatoms. The third kappa shape index (κ3) is 1.76. The van der Waals surface area contributed by atoms with E-state index in [2.05, 4.69) is 4.98 Å². The number of rotatable bonds is 2. The van der Waals surface area contributed by atoms with Gasteiger partial charge in [-0.3, -0.25) is 0 Å². The van der Waals surface area contributed by atoms with Crippen molar-refractivity contribution in [1.29, 1.82) is 0 Å². The monoisotopic (exact) mass is 249 g/mol. The first-order chi connectivity index (χ1) is 8.27. The molecule has 0 atom stereocenters. The van der Waals surface area contributed by atoms with Gasteiger partial charge < -0.3 is 10.1 Å². The molecule has 2 aromatic heterocycles. The molecule has 0 aromatic carbocycles. The Morgan fingerprint density at radius 1 is 1.35 bits per heavy atom. The van der Waals surface area contributed by atoms with Gasteiger partial charge >= 0.3 is 5.97 Å². The summed E-state index contributed by atoms with van der Waals surface area (Å²) in [5, 5.41) is 9.31. The second-order valence-corrected chi connectivity index (χ2v) is 5.75. The predicted molar refractivity (Wildman–Crippen MR) is 69.0 cm³/mol. The van der Waals surface area contributed by atoms with Gasteiger partial charge in [-0.25, -0.2) is 4.79 Å². The number of carbonyl (C=O) groups is 1. The molecule has 0 aliphatic heterocycles. The zero-order chi connectivity index (χ0) is 11.8. The summed E-state index contributed by atoms with van der Waals surface area (Å²) in [5.41, 5.74) is 2.11. The van der Waals surface area contributed by atoms with Crippen LogP contribution in [0.5, 0.6) is 0 Å². The van der Waals surface area contributed by atoms with Crippen LogP contribution in [0.2, 0.25) is 0 Å². The molecule has 1 aliphatic carbocycles. The fourth-order valence-electron chi connectivity index (χ4n) is 2.87. The third-order valence-corrected chi connectivity index (χ3v) is 4.80. The Bertz CT molecular complexity index is 549. The fraction of sp³-hybridized carbons (Fsp3) is 0.462. The van der Waals surface area contributed by atoms with Crippen LogP contribution in [0.15, 0.2) is 12.3 Å². The molecule has 0 bridgehead atoms. The van der Waals surface area contributed by atoms with Crippen LogP contribution in [0.3, 0.4) is 0 Å². The van der Waals surface area contributed by atoms with E-state index >= 15 is 0 Å². The number of carboxylic acids is 1. The van der Waals surface area contributed by atoms with E-state index in [4.69, 9.17) is 0 Å². The molecule has 0 saturated heterocycles. The molecule has 0 spiro atoms. The number of aromatic nitrogens is 1. The van der Waals surface area contributed by atoms with Crippen LogP contribution in [-0.4, -0.2) is 16.1 Å². The third-order valence-electron chi connectivity index (χ3n) is 3.64. The fourth-order valence-corrected chi connectivity index (χ4v) is 3.96. The van der Waals surface area contributed by atoms with Crippen LogP contribution < -0.4 is 0 Å². The van der Waals surface area contributed by atoms with Crippen molar-refractivity contribution in [2.75, 3.05) is 0 Å². The molecule has 2 aromatic rings. The Balaban J connectivity index is 2.13. The summed E-state index contributed by atoms with van der Waals surface area (Å²) in [6.07, 6.45) is 7.90. The number of hydrogen-bond donors (Lipinski definition) is 2. The second kappa shape index (κ2) is 4.18. The highest BCUT2D eigenvalue weighted by atomic mass is 32.1. The van der Waals surface area contributed by atoms with Gasteiger partial charge in [0.25, 0.3) is 0 Å². The zero-order valence-electron chi connectivity index (χ0n) is 9.53. The average molecular weight is 249 g/mol. The number of nitrogens with one attached hydrogen (secondary N) is 1. The molecule has 17 heavy (non-hydrogen) atoms. The quantitative estimate of drug-likeness (QED) is 0.846. The van der Waals surface area contributed by atoms with Crippen LogP contribution in [0.4, 0.5) is 0 Å². The van der Waals surface area contributed by atoms with Gasteiger partial charge in [-0.15, -0.1) is 11.3 Å². The Morgan fingerprint density at radius 3 is 2.82 bits per heavy atom. The van der Waals surface area contributed by atoms with Crippen LogP contribution >= 0.6 is 11.3 Å². The average Bonchev–Trinajstić information content (AvgIpc) is 2.89. The highest BCUT2D eigenvalue weighted by Crippen LogP contribution is 2.41. The lowest BCUT2D eigenvalue weighted by Gasteiger charge is -2.21. The molecule has 0 amide bonds. The minimum atomic E-state index is -0.778. The van der Waals surface area contributed by atoms with Gasteiger partial charge in [0.1, 0.15) is 4.88 Å². The number of H-pyrrole nitrogens is 1. The smallest absolute Gasteiger partial charge is 0.346 e. The summed E-state index contributed by atoms with van der Waals surface area (Å²) >= 11 is 1.40. The molecule has 3 rings (SSSR count). The van der Waals surface area contributed by atoms with Crippen molar-refractivity contribution in [3.8, 4) is 0 Å². The largest absolute Gasteiger partial charge is 0.477 e. The number of hydrogen-bond acceptors (Lipinski definition) is 2. The van der Waals surface area contributed by atoms with Crippen molar-refractivity contribution in [2.45, 2.75) is 38.0 Å². The minimum Gasteiger partial charge on any atom is -0.477 e. The highest BCUT2D eigenvalue weighted by Gasteiger charge is 2.26. The molecule has 0 unspecified atom stereocenters. The normalized spacial score (nSPS) is 17.6. The highest BCUT2D eigenvalue weighted by molar-refractivity contribution is 7.21. The van der Waals surface area contributed by atoms with Crippen LogP contribution in [0.25, 0.3) is 10.2 Å². The van der Waals surface area contributed by atoms with Crippen molar-refractivity contribution >= 4 is 27.5 Å². The van der Waals surface area contributed by atoms with Crippen molar-refractivity contribution in [3.63, 3.8) is 0 Å². The summed E-state index contributed by atoms with van der Waals surface area (Å²) in [5.74, 6) is -0.345. The summed E-state index contributed by atoms with van der Waals surface area (Å²) in [6, 6.07) is 1.97. The van der Waals surface area contributed by atoms with E-state index in [0.717, 1.165) is 28.6 Å². The summed E-state index contributed by atoms with van der Waals surface area (Å²) in [6.45, 7) is 0. The van der Waals surface area contributed by atoms with Crippen LogP contribution in [0.1, 0.15) is 53.3 Å². The maximum absolute atomic E-state index is 11.3. The maximum atomic E-state index is 11.3. The number of aromatic amines is 1. The van der Waals surface area contributed by atoms with Gasteiger partial charge in [0.15, 0.2) is 0 Å². The van der Waals surface area contributed by atoms with Crippen molar-refractivity contribution in [1.82, 2.24) is 4.98 Å². The molecule has 0 radical (unpaired) electrons. The van der Waals surface area contributed by atoms with E-state index in [1.54, 1.807) is 0 Å². The van der Waals surface area contributed by atoms with E-state index in [1.165, 1.54) is 30.6 Å². The lowest BCUT2D eigenvalue weighted by Crippen LogP contribution is -2.08. The second-order valence-electron chi connectivity index (χ2n) is 4.70. The van der Waals surface area contributed by atoms with Crippen molar-refractivity contribution in [2.24, 2.45) is 0 Å². The first kappa shape index (κ1) is 10.8. The van der Waals surface area contributed by atoms with Gasteiger partial charge in [0.2, 0.25) is 0 Å². The number of thiophene rings is 1. The Hall–Kier alpha value is -1.29. The lowest BCUT2D eigenvalue weighted by molar-refractivity contribution is 0.0700. The van der Waals surface area contributed by atoms with E-state index in [9.17, 15) is 9.90 Å². The van der Waals surface area contributed by atoms with Crippen molar-refractivity contribution < 1.29 is 9.90 Å². The van der Waals surface area contributed by atoms with Gasteiger partial charge in [0, 0.05) is 11.8 Å². The van der Waals surface area contributed by atoms with Gasteiger partial charge in [-0.1, -0.05) is 19.3 Å². The molecule has 1 fully saturated rings. The van der Waals surface area contributed by atoms with E-state index in [-0.39, 0.29) is 0 Å². The molecular weight excluding hydrogens is 234 g/mol. The summed E-state index contributed by atoms with van der Waals surface area (Å²) in [4.78, 5) is 15.1. The molecule has 1 aliphatic rings. The first-order valence-corrected chi connectivity index (χ1v) is 6.92. The van der Waals surface area contributed by atoms with Gasteiger partial charge in [0.05, 0.1) is 10.2 Å². The minimum absolute atomic E-state index is 0.433. The number of carboxylic acid groups (broad SMARTS) is 1. The van der Waals surface area contributed by atoms with Crippen molar-refractivity contribution in [3.05, 3.63) is 22.7 Å². The molecule has 90 valence electrons. The van der Waals surface area contributed by atoms with Crippen LogP contribution in [0, 0.1) is 0 Å². The number of fused-ring (bicyclic) bond motifs is 1. The van der Waals surface area contributed by atoms with E-state index in [1.807, 2.05) is 12.3 Å². The maximum Gasteiger partial charge on any atom is 0.346 e. The Labute approximate surface area is 103 Å². The van der Waals surface area contributed by atoms with Gasteiger partial charge in [-0.05, 0) is 24.8 Å². The summed E-state index contributed by atoms with van der Waals surface area (Å²) < 4.78 is 1.07. The molecule has 3 nitrogen and oxygen atoms in total. The molecule has 2 N–H and O–H groups in total. The first-order valence-electron chi connectivity index (χ1n) is 6.10. The standard InChI is InChI=1S/C13H15NO2S/c15-13(16)12-10(8-4-2-1-3-5-8)11-9(17-12)6-7-14-11/h6-8,14H,1-5H2,(H,15,16). The SMILES string of the molecule is O=C(O)c1sc2cc[nH]c2c1C1CCCCC1. The topological polar surface area (TPSA) is 53.1 Å². The Morgan fingerprint density at radius 2 is 2.12 bits per heavy atom. The number of aromatic carboxylic acids is 1. The Kier molecular flexibility index (Phi) is 2.67.